The Labute approximate surface area is 138 Å². The summed E-state index contributed by atoms with van der Waals surface area (Å²) < 4.78 is 6.54. The lowest BCUT2D eigenvalue weighted by atomic mass is 10.1. The standard InChI is InChI=1S/C15H11BrN2O3S/c1-7-10-5-9(16)3-4-12(10)21-13(7)14(20)18-15-17-11(6-22-15)8(2)19/h3-6H,1-2H3,(H,17,18,20). The summed E-state index contributed by atoms with van der Waals surface area (Å²) in [6, 6.07) is 5.57. The van der Waals surface area contributed by atoms with E-state index in [1.807, 2.05) is 19.1 Å². The highest BCUT2D eigenvalue weighted by molar-refractivity contribution is 9.10. The summed E-state index contributed by atoms with van der Waals surface area (Å²) in [4.78, 5) is 27.6. The summed E-state index contributed by atoms with van der Waals surface area (Å²) in [7, 11) is 0. The first-order valence-corrected chi connectivity index (χ1v) is 8.09. The lowest BCUT2D eigenvalue weighted by Gasteiger charge is -1.99. The lowest BCUT2D eigenvalue weighted by Crippen LogP contribution is -2.12. The number of benzene rings is 1. The molecule has 7 heteroatoms. The normalized spacial score (nSPS) is 10.9. The summed E-state index contributed by atoms with van der Waals surface area (Å²) in [5.41, 5.74) is 1.75. The van der Waals surface area contributed by atoms with Crippen molar-refractivity contribution in [1.29, 1.82) is 0 Å². The van der Waals surface area contributed by atoms with Gasteiger partial charge in [0.1, 0.15) is 11.3 Å². The van der Waals surface area contributed by atoms with Crippen LogP contribution < -0.4 is 5.32 Å². The number of nitrogens with one attached hydrogen (secondary N) is 1. The highest BCUT2D eigenvalue weighted by Gasteiger charge is 2.19. The molecular formula is C15H11BrN2O3S. The summed E-state index contributed by atoms with van der Waals surface area (Å²) in [6.45, 7) is 3.26. The van der Waals surface area contributed by atoms with Gasteiger partial charge in [0.15, 0.2) is 16.7 Å². The van der Waals surface area contributed by atoms with Crippen molar-refractivity contribution in [2.75, 3.05) is 5.32 Å². The second kappa shape index (κ2) is 5.66. The maximum absolute atomic E-state index is 12.3. The predicted molar refractivity (Wildman–Crippen MR) is 88.7 cm³/mol. The van der Waals surface area contributed by atoms with Gasteiger partial charge in [0.25, 0.3) is 5.91 Å². The number of Topliss-reactive ketones (excluding diaryl/α,β-unsaturated/α-hetero) is 1. The van der Waals surface area contributed by atoms with E-state index in [9.17, 15) is 9.59 Å². The molecule has 1 aromatic carbocycles. The first kappa shape index (κ1) is 14.9. The van der Waals surface area contributed by atoms with Crippen LogP contribution in [0.15, 0.2) is 32.5 Å². The number of rotatable bonds is 3. The van der Waals surface area contributed by atoms with Crippen LogP contribution in [-0.4, -0.2) is 16.7 Å². The number of aryl methyl sites for hydroxylation is 1. The van der Waals surface area contributed by atoms with Crippen molar-refractivity contribution in [3.63, 3.8) is 0 Å². The third-order valence-corrected chi connectivity index (χ3v) is 4.44. The molecule has 0 radical (unpaired) electrons. The van der Waals surface area contributed by atoms with Crippen molar-refractivity contribution in [2.24, 2.45) is 0 Å². The van der Waals surface area contributed by atoms with E-state index in [0.29, 0.717) is 16.4 Å². The number of amides is 1. The molecule has 0 aliphatic rings. The number of aromatic nitrogens is 1. The fourth-order valence-corrected chi connectivity index (χ4v) is 3.16. The average Bonchev–Trinajstić information content (AvgIpc) is 3.05. The maximum Gasteiger partial charge on any atom is 0.293 e. The second-order valence-corrected chi connectivity index (χ2v) is 6.52. The Morgan fingerprint density at radius 2 is 2.14 bits per heavy atom. The van der Waals surface area contributed by atoms with Crippen LogP contribution >= 0.6 is 27.3 Å². The molecule has 0 atom stereocenters. The van der Waals surface area contributed by atoms with Gasteiger partial charge in [-0.15, -0.1) is 11.3 Å². The van der Waals surface area contributed by atoms with E-state index in [1.54, 1.807) is 11.4 Å². The first-order chi connectivity index (χ1) is 10.5. The molecule has 0 fully saturated rings. The van der Waals surface area contributed by atoms with Crippen molar-refractivity contribution in [2.45, 2.75) is 13.8 Å². The van der Waals surface area contributed by atoms with Gasteiger partial charge in [-0.1, -0.05) is 15.9 Å². The van der Waals surface area contributed by atoms with E-state index in [1.165, 1.54) is 18.3 Å². The minimum atomic E-state index is -0.380. The summed E-state index contributed by atoms with van der Waals surface area (Å²) in [5.74, 6) is -0.275. The van der Waals surface area contributed by atoms with Gasteiger partial charge in [-0.25, -0.2) is 4.98 Å². The molecule has 0 bridgehead atoms. The molecule has 3 rings (SSSR count). The van der Waals surface area contributed by atoms with Crippen LogP contribution in [0.1, 0.15) is 33.5 Å². The Morgan fingerprint density at radius 1 is 1.36 bits per heavy atom. The smallest absolute Gasteiger partial charge is 0.293 e. The Kier molecular flexibility index (Phi) is 3.84. The zero-order valence-corrected chi connectivity index (χ0v) is 14.2. The number of hydrogen-bond donors (Lipinski definition) is 1. The Hall–Kier alpha value is -1.99. The van der Waals surface area contributed by atoms with E-state index >= 15 is 0 Å². The van der Waals surface area contributed by atoms with Crippen LogP contribution in [0.3, 0.4) is 0 Å². The molecule has 22 heavy (non-hydrogen) atoms. The van der Waals surface area contributed by atoms with Gasteiger partial charge in [0, 0.05) is 27.7 Å². The second-order valence-electron chi connectivity index (χ2n) is 4.74. The van der Waals surface area contributed by atoms with Crippen molar-refractivity contribution >= 4 is 55.1 Å². The molecule has 1 amide bonds. The number of fused-ring (bicyclic) bond motifs is 1. The fourth-order valence-electron chi connectivity index (χ4n) is 2.06. The van der Waals surface area contributed by atoms with E-state index in [4.69, 9.17) is 4.42 Å². The van der Waals surface area contributed by atoms with E-state index in [-0.39, 0.29) is 17.5 Å². The molecular weight excluding hydrogens is 368 g/mol. The quantitative estimate of drug-likeness (QED) is 0.684. The number of carbonyl (C=O) groups is 2. The van der Waals surface area contributed by atoms with Crippen molar-refractivity contribution in [3.05, 3.63) is 45.1 Å². The number of anilines is 1. The lowest BCUT2D eigenvalue weighted by molar-refractivity contribution is 0.0991. The number of thiazole rings is 1. The van der Waals surface area contributed by atoms with Gasteiger partial charge >= 0.3 is 0 Å². The molecule has 0 spiro atoms. The summed E-state index contributed by atoms with van der Waals surface area (Å²) >= 11 is 4.60. The zero-order chi connectivity index (χ0) is 15.9. The average molecular weight is 379 g/mol. The van der Waals surface area contributed by atoms with Crippen LogP contribution in [0.2, 0.25) is 0 Å². The van der Waals surface area contributed by atoms with Gasteiger partial charge < -0.3 is 4.42 Å². The van der Waals surface area contributed by atoms with Gasteiger partial charge in [0.2, 0.25) is 0 Å². The molecule has 0 saturated carbocycles. The van der Waals surface area contributed by atoms with Crippen LogP contribution in [0.25, 0.3) is 11.0 Å². The number of halogens is 1. The third-order valence-electron chi connectivity index (χ3n) is 3.19. The number of furan rings is 1. The van der Waals surface area contributed by atoms with Crippen molar-refractivity contribution < 1.29 is 14.0 Å². The molecule has 5 nitrogen and oxygen atoms in total. The van der Waals surface area contributed by atoms with Crippen LogP contribution in [0, 0.1) is 6.92 Å². The number of nitrogens with zero attached hydrogens (tertiary/aromatic N) is 1. The zero-order valence-electron chi connectivity index (χ0n) is 11.8. The SMILES string of the molecule is CC(=O)c1csc(NC(=O)c2oc3ccc(Br)cc3c2C)n1. The Balaban J connectivity index is 1.91. The molecule has 1 N–H and O–H groups in total. The fraction of sp³-hybridized carbons (Fsp3) is 0.133. The molecule has 2 heterocycles. The van der Waals surface area contributed by atoms with Gasteiger partial charge in [-0.2, -0.15) is 0 Å². The Bertz CT molecular complexity index is 897. The largest absolute Gasteiger partial charge is 0.451 e. The monoisotopic (exact) mass is 378 g/mol. The number of carbonyl (C=O) groups excluding carboxylic acids is 2. The van der Waals surface area contributed by atoms with Crippen molar-refractivity contribution in [1.82, 2.24) is 4.98 Å². The highest BCUT2D eigenvalue weighted by atomic mass is 79.9. The predicted octanol–water partition coefficient (Wildman–Crippen LogP) is 4.42. The molecule has 0 aliphatic carbocycles. The van der Waals surface area contributed by atoms with Gasteiger partial charge in [-0.05, 0) is 25.1 Å². The molecule has 3 aromatic rings. The van der Waals surface area contributed by atoms with Crippen LogP contribution in [0.4, 0.5) is 5.13 Å². The minimum Gasteiger partial charge on any atom is -0.451 e. The van der Waals surface area contributed by atoms with E-state index < -0.39 is 0 Å². The molecule has 2 aromatic heterocycles. The van der Waals surface area contributed by atoms with Crippen LogP contribution in [0.5, 0.6) is 0 Å². The number of hydrogen-bond acceptors (Lipinski definition) is 5. The summed E-state index contributed by atoms with van der Waals surface area (Å²) in [5, 5.41) is 5.52. The summed E-state index contributed by atoms with van der Waals surface area (Å²) in [6.07, 6.45) is 0. The Morgan fingerprint density at radius 3 is 2.82 bits per heavy atom. The van der Waals surface area contributed by atoms with E-state index in [2.05, 4.69) is 26.2 Å². The third kappa shape index (κ3) is 2.69. The molecule has 0 unspecified atom stereocenters. The molecule has 0 saturated heterocycles. The topological polar surface area (TPSA) is 72.2 Å². The van der Waals surface area contributed by atoms with Crippen molar-refractivity contribution in [3.8, 4) is 0 Å². The number of ketones is 1. The maximum atomic E-state index is 12.3. The first-order valence-electron chi connectivity index (χ1n) is 6.42. The molecule has 112 valence electrons. The molecule has 0 aliphatic heterocycles. The van der Waals surface area contributed by atoms with Gasteiger partial charge in [-0.3, -0.25) is 14.9 Å². The highest BCUT2D eigenvalue weighted by Crippen LogP contribution is 2.28. The van der Waals surface area contributed by atoms with E-state index in [0.717, 1.165) is 15.4 Å². The minimum absolute atomic E-state index is 0.137. The van der Waals surface area contributed by atoms with Crippen LogP contribution in [-0.2, 0) is 0 Å². The van der Waals surface area contributed by atoms with Gasteiger partial charge in [0.05, 0.1) is 0 Å².